The molecule has 3 rings (SSSR count). The molecule has 8 nitrogen and oxygen atoms in total. The van der Waals surface area contributed by atoms with Crippen LogP contribution in [-0.2, 0) is 0 Å². The van der Waals surface area contributed by atoms with Crippen LogP contribution in [0.1, 0.15) is 0 Å². The number of hydrogen-bond donors (Lipinski definition) is 2. The summed E-state index contributed by atoms with van der Waals surface area (Å²) >= 11 is 15.3. The minimum absolute atomic E-state index is 0.0135. The van der Waals surface area contributed by atoms with Crippen molar-refractivity contribution in [2.24, 2.45) is 0 Å². The minimum atomic E-state index is -0.595. The fourth-order valence-corrected chi connectivity index (χ4v) is 2.60. The molecular formula is C15H9BrCl2N6O2. The number of pyridine rings is 1. The van der Waals surface area contributed by atoms with Gasteiger partial charge in [0.25, 0.3) is 0 Å². The Morgan fingerprint density at radius 1 is 1.04 bits per heavy atom. The Bertz CT molecular complexity index is 971. The lowest BCUT2D eigenvalue weighted by molar-refractivity contribution is -0.383. The van der Waals surface area contributed by atoms with Crippen LogP contribution in [0.2, 0.25) is 10.0 Å². The van der Waals surface area contributed by atoms with Gasteiger partial charge >= 0.3 is 5.69 Å². The Morgan fingerprint density at radius 2 is 1.77 bits per heavy atom. The topological polar surface area (TPSA) is 106 Å². The maximum absolute atomic E-state index is 11.6. The minimum Gasteiger partial charge on any atom is -0.333 e. The van der Waals surface area contributed by atoms with E-state index in [0.29, 0.717) is 21.6 Å². The number of halogens is 3. The van der Waals surface area contributed by atoms with Crippen LogP contribution in [0, 0.1) is 10.1 Å². The van der Waals surface area contributed by atoms with Crippen molar-refractivity contribution < 1.29 is 4.92 Å². The van der Waals surface area contributed by atoms with E-state index in [-0.39, 0.29) is 17.3 Å². The summed E-state index contributed by atoms with van der Waals surface area (Å²) in [6.07, 6.45) is 2.75. The van der Waals surface area contributed by atoms with Crippen LogP contribution in [0.25, 0.3) is 0 Å². The second kappa shape index (κ2) is 7.81. The van der Waals surface area contributed by atoms with Gasteiger partial charge in [-0.25, -0.2) is 15.0 Å². The molecule has 0 fully saturated rings. The van der Waals surface area contributed by atoms with Gasteiger partial charge < -0.3 is 10.6 Å². The van der Waals surface area contributed by atoms with Crippen molar-refractivity contribution in [3.8, 4) is 0 Å². The first-order valence-electron chi connectivity index (χ1n) is 7.04. The summed E-state index contributed by atoms with van der Waals surface area (Å²) in [6.45, 7) is 0. The standard InChI is InChI=1S/C15H9BrCl2N6O2/c16-8-1-4-12(19-6-8)23-15-13(24(25)26)14(20-7-21-15)22-11-5-9(17)2-3-10(11)18/h1-7H,(H2,19,20,21,22,23). The molecule has 0 spiro atoms. The number of nitrogens with one attached hydrogen (secondary N) is 2. The maximum Gasteiger partial charge on any atom is 0.353 e. The maximum atomic E-state index is 11.6. The number of rotatable bonds is 5. The van der Waals surface area contributed by atoms with Gasteiger partial charge in [0, 0.05) is 15.7 Å². The number of anilines is 4. The lowest BCUT2D eigenvalue weighted by Crippen LogP contribution is -2.06. The Morgan fingerprint density at radius 3 is 2.42 bits per heavy atom. The smallest absolute Gasteiger partial charge is 0.333 e. The normalized spacial score (nSPS) is 10.4. The highest BCUT2D eigenvalue weighted by molar-refractivity contribution is 9.10. The van der Waals surface area contributed by atoms with Gasteiger partial charge in [0.2, 0.25) is 11.6 Å². The molecule has 11 heteroatoms. The average Bonchev–Trinajstić information content (AvgIpc) is 2.60. The van der Waals surface area contributed by atoms with E-state index in [1.54, 1.807) is 36.5 Å². The van der Waals surface area contributed by atoms with Crippen molar-refractivity contribution in [1.29, 1.82) is 0 Å². The molecule has 0 amide bonds. The molecular weight excluding hydrogens is 447 g/mol. The fraction of sp³-hybridized carbons (Fsp3) is 0. The molecule has 2 heterocycles. The average molecular weight is 456 g/mol. The van der Waals surface area contributed by atoms with E-state index in [1.165, 1.54) is 6.33 Å². The van der Waals surface area contributed by atoms with Crippen molar-refractivity contribution in [2.45, 2.75) is 0 Å². The van der Waals surface area contributed by atoms with Gasteiger partial charge in [0.1, 0.15) is 12.1 Å². The van der Waals surface area contributed by atoms with Gasteiger partial charge in [0.15, 0.2) is 0 Å². The molecule has 0 radical (unpaired) electrons. The zero-order chi connectivity index (χ0) is 18.7. The van der Waals surface area contributed by atoms with E-state index in [2.05, 4.69) is 41.5 Å². The number of nitro groups is 1. The summed E-state index contributed by atoms with van der Waals surface area (Å²) in [5, 5.41) is 18.0. The van der Waals surface area contributed by atoms with Crippen LogP contribution in [0.5, 0.6) is 0 Å². The van der Waals surface area contributed by atoms with Crippen LogP contribution in [0.15, 0.2) is 47.3 Å². The molecule has 0 unspecified atom stereocenters. The molecule has 132 valence electrons. The van der Waals surface area contributed by atoms with E-state index in [1.807, 2.05) is 0 Å². The Balaban J connectivity index is 1.99. The van der Waals surface area contributed by atoms with Crippen LogP contribution < -0.4 is 10.6 Å². The molecule has 0 aliphatic rings. The van der Waals surface area contributed by atoms with Crippen LogP contribution in [0.3, 0.4) is 0 Å². The predicted molar refractivity (Wildman–Crippen MR) is 104 cm³/mol. The number of nitrogens with zero attached hydrogens (tertiary/aromatic N) is 4. The molecule has 3 aromatic rings. The molecule has 1 aromatic carbocycles. The molecule has 0 saturated heterocycles. The third-order valence-electron chi connectivity index (χ3n) is 3.16. The number of aromatic nitrogens is 3. The predicted octanol–water partition coefficient (Wildman–Crippen LogP) is 5.34. The first-order chi connectivity index (χ1) is 12.4. The van der Waals surface area contributed by atoms with E-state index in [9.17, 15) is 10.1 Å². The van der Waals surface area contributed by atoms with E-state index < -0.39 is 4.92 Å². The van der Waals surface area contributed by atoms with E-state index >= 15 is 0 Å². The summed E-state index contributed by atoms with van der Waals surface area (Å²) in [6, 6.07) is 8.11. The van der Waals surface area contributed by atoms with Crippen molar-refractivity contribution in [2.75, 3.05) is 10.6 Å². The van der Waals surface area contributed by atoms with E-state index in [4.69, 9.17) is 23.2 Å². The summed E-state index contributed by atoms with van der Waals surface area (Å²) in [7, 11) is 0. The molecule has 0 bridgehead atoms. The summed E-state index contributed by atoms with van der Waals surface area (Å²) in [4.78, 5) is 23.0. The lowest BCUT2D eigenvalue weighted by Gasteiger charge is -2.11. The van der Waals surface area contributed by atoms with Crippen LogP contribution >= 0.6 is 39.1 Å². The molecule has 0 saturated carbocycles. The molecule has 2 aromatic heterocycles. The fourth-order valence-electron chi connectivity index (χ4n) is 2.03. The highest BCUT2D eigenvalue weighted by Crippen LogP contribution is 2.35. The molecule has 26 heavy (non-hydrogen) atoms. The molecule has 2 N–H and O–H groups in total. The largest absolute Gasteiger partial charge is 0.353 e. The SMILES string of the molecule is O=[N+]([O-])c1c(Nc2ccc(Br)cn2)ncnc1Nc1cc(Cl)ccc1Cl. The summed E-state index contributed by atoms with van der Waals surface area (Å²) < 4.78 is 0.776. The van der Waals surface area contributed by atoms with Crippen molar-refractivity contribution in [3.63, 3.8) is 0 Å². The van der Waals surface area contributed by atoms with Gasteiger partial charge in [-0.15, -0.1) is 0 Å². The van der Waals surface area contributed by atoms with Gasteiger partial charge in [-0.2, -0.15) is 0 Å². The lowest BCUT2D eigenvalue weighted by atomic mass is 10.3. The third kappa shape index (κ3) is 4.18. The highest BCUT2D eigenvalue weighted by Gasteiger charge is 2.24. The quantitative estimate of drug-likeness (QED) is 0.395. The Labute approximate surface area is 165 Å². The summed E-state index contributed by atoms with van der Waals surface area (Å²) in [5.74, 6) is 0.344. The van der Waals surface area contributed by atoms with Gasteiger partial charge in [-0.05, 0) is 46.3 Å². The zero-order valence-corrected chi connectivity index (χ0v) is 15.9. The monoisotopic (exact) mass is 454 g/mol. The number of benzene rings is 1. The van der Waals surface area contributed by atoms with Crippen molar-refractivity contribution in [3.05, 3.63) is 67.5 Å². The van der Waals surface area contributed by atoms with Crippen LogP contribution in [-0.4, -0.2) is 19.9 Å². The number of hydrogen-bond acceptors (Lipinski definition) is 7. The van der Waals surface area contributed by atoms with Crippen molar-refractivity contribution in [1.82, 2.24) is 15.0 Å². The van der Waals surface area contributed by atoms with Gasteiger partial charge in [-0.1, -0.05) is 23.2 Å². The molecule has 0 aliphatic carbocycles. The van der Waals surface area contributed by atoms with Gasteiger partial charge in [-0.3, -0.25) is 10.1 Å². The Hall–Kier alpha value is -2.49. The second-order valence-electron chi connectivity index (χ2n) is 4.91. The molecule has 0 aliphatic heterocycles. The summed E-state index contributed by atoms with van der Waals surface area (Å²) in [5.41, 5.74) is 0.0296. The third-order valence-corrected chi connectivity index (χ3v) is 4.19. The Kier molecular flexibility index (Phi) is 5.50. The first-order valence-corrected chi connectivity index (χ1v) is 8.59. The van der Waals surface area contributed by atoms with Crippen molar-refractivity contribution >= 4 is 68.0 Å². The van der Waals surface area contributed by atoms with Gasteiger partial charge in [0.05, 0.1) is 15.6 Å². The zero-order valence-electron chi connectivity index (χ0n) is 12.8. The van der Waals surface area contributed by atoms with E-state index in [0.717, 1.165) is 4.47 Å². The highest BCUT2D eigenvalue weighted by atomic mass is 79.9. The van der Waals surface area contributed by atoms with Crippen LogP contribution in [0.4, 0.5) is 28.8 Å². The molecule has 0 atom stereocenters. The second-order valence-corrected chi connectivity index (χ2v) is 6.67. The first kappa shape index (κ1) is 18.3.